The van der Waals surface area contributed by atoms with Gasteiger partial charge < -0.3 is 15.5 Å². The molecular weight excluding hydrogens is 228 g/mol. The zero-order chi connectivity index (χ0) is 12.4. The van der Waals surface area contributed by atoms with E-state index in [2.05, 4.69) is 15.0 Å². The Morgan fingerprint density at radius 1 is 1.11 bits per heavy atom. The minimum Gasteiger partial charge on any atom is -0.472 e. The van der Waals surface area contributed by atoms with Crippen molar-refractivity contribution in [1.82, 2.24) is 15.0 Å². The van der Waals surface area contributed by atoms with Crippen molar-refractivity contribution in [2.45, 2.75) is 6.61 Å². The molecule has 0 aliphatic heterocycles. The number of aromatic nitrogens is 3. The molecule has 3 rings (SSSR count). The van der Waals surface area contributed by atoms with Gasteiger partial charge in [-0.05, 0) is 11.6 Å². The molecule has 1 aromatic carbocycles. The predicted octanol–water partition coefficient (Wildman–Crippen LogP) is 2.12. The number of nitrogens with one attached hydrogen (secondary N) is 1. The summed E-state index contributed by atoms with van der Waals surface area (Å²) in [5, 5.41) is 0.833. The number of nitrogen functional groups attached to an aromatic ring is 1. The van der Waals surface area contributed by atoms with Gasteiger partial charge in [0.15, 0.2) is 0 Å². The third-order valence-corrected chi connectivity index (χ3v) is 2.62. The topological polar surface area (TPSA) is 76.8 Å². The fraction of sp³-hybridized carbons (Fsp3) is 0.0769. The van der Waals surface area contributed by atoms with E-state index in [9.17, 15) is 0 Å². The highest BCUT2D eigenvalue weighted by Crippen LogP contribution is 2.22. The van der Waals surface area contributed by atoms with Crippen molar-refractivity contribution in [3.05, 3.63) is 48.2 Å². The molecule has 18 heavy (non-hydrogen) atoms. The predicted molar refractivity (Wildman–Crippen MR) is 69.1 cm³/mol. The molecule has 0 atom stereocenters. The number of aromatic amines is 1. The van der Waals surface area contributed by atoms with Gasteiger partial charge in [0.05, 0.1) is 5.39 Å². The first kappa shape index (κ1) is 10.6. The molecule has 2 aromatic heterocycles. The summed E-state index contributed by atoms with van der Waals surface area (Å²) in [7, 11) is 0. The molecule has 0 amide bonds. The van der Waals surface area contributed by atoms with Gasteiger partial charge in [0, 0.05) is 6.20 Å². The monoisotopic (exact) mass is 240 g/mol. The van der Waals surface area contributed by atoms with Crippen LogP contribution < -0.4 is 10.5 Å². The molecule has 0 spiro atoms. The fourth-order valence-electron chi connectivity index (χ4n) is 1.77. The molecule has 0 bridgehead atoms. The maximum atomic E-state index is 5.69. The lowest BCUT2D eigenvalue weighted by molar-refractivity contribution is 0.298. The Labute approximate surface area is 104 Å². The van der Waals surface area contributed by atoms with Crippen molar-refractivity contribution in [1.29, 1.82) is 0 Å². The lowest BCUT2D eigenvalue weighted by Gasteiger charge is -2.06. The Hall–Kier alpha value is -2.56. The van der Waals surface area contributed by atoms with Crippen LogP contribution in [-0.2, 0) is 6.61 Å². The van der Waals surface area contributed by atoms with Gasteiger partial charge in [-0.15, -0.1) is 0 Å². The highest BCUT2D eigenvalue weighted by Gasteiger charge is 2.08. The largest absolute Gasteiger partial charge is 0.472 e. The third-order valence-electron chi connectivity index (χ3n) is 2.62. The first-order valence-electron chi connectivity index (χ1n) is 5.60. The number of rotatable bonds is 3. The first-order valence-corrected chi connectivity index (χ1v) is 5.60. The number of benzene rings is 1. The number of H-pyrrole nitrogens is 1. The lowest BCUT2D eigenvalue weighted by atomic mass is 10.2. The van der Waals surface area contributed by atoms with E-state index in [1.165, 1.54) is 0 Å². The van der Waals surface area contributed by atoms with E-state index in [4.69, 9.17) is 10.5 Å². The van der Waals surface area contributed by atoms with Crippen molar-refractivity contribution in [2.24, 2.45) is 0 Å². The van der Waals surface area contributed by atoms with E-state index in [0.29, 0.717) is 18.1 Å². The molecule has 0 saturated carbocycles. The van der Waals surface area contributed by atoms with Crippen LogP contribution in [0, 0.1) is 0 Å². The van der Waals surface area contributed by atoms with Crippen LogP contribution in [0.25, 0.3) is 11.0 Å². The molecule has 0 aliphatic rings. The molecule has 5 nitrogen and oxygen atoms in total. The van der Waals surface area contributed by atoms with E-state index < -0.39 is 0 Å². The van der Waals surface area contributed by atoms with E-state index in [0.717, 1.165) is 10.9 Å². The minimum atomic E-state index is 0.202. The van der Waals surface area contributed by atoms with Crippen LogP contribution in [0.3, 0.4) is 0 Å². The van der Waals surface area contributed by atoms with E-state index in [1.807, 2.05) is 36.4 Å². The second-order valence-corrected chi connectivity index (χ2v) is 3.90. The van der Waals surface area contributed by atoms with Crippen LogP contribution >= 0.6 is 0 Å². The number of nitrogens with two attached hydrogens (primary N) is 1. The molecule has 2 heterocycles. The van der Waals surface area contributed by atoms with Crippen LogP contribution in [0.2, 0.25) is 0 Å². The summed E-state index contributed by atoms with van der Waals surface area (Å²) in [5.74, 6) is 0.704. The van der Waals surface area contributed by atoms with E-state index in [1.54, 1.807) is 6.20 Å². The number of fused-ring (bicyclic) bond motifs is 1. The highest BCUT2D eigenvalue weighted by molar-refractivity contribution is 5.81. The SMILES string of the molecule is Nc1nc(OCc2ccccc2)c2cc[nH]c2n1. The van der Waals surface area contributed by atoms with Crippen LogP contribution in [0.4, 0.5) is 5.95 Å². The second kappa shape index (κ2) is 4.37. The van der Waals surface area contributed by atoms with Crippen LogP contribution in [0.1, 0.15) is 5.56 Å². The molecular formula is C13H12N4O. The number of anilines is 1. The summed E-state index contributed by atoms with van der Waals surface area (Å²) in [6.07, 6.45) is 1.79. The average Bonchev–Trinajstić information content (AvgIpc) is 2.85. The molecule has 0 aliphatic carbocycles. The Morgan fingerprint density at radius 2 is 1.94 bits per heavy atom. The Balaban J connectivity index is 1.88. The van der Waals surface area contributed by atoms with Gasteiger partial charge in [-0.2, -0.15) is 9.97 Å². The Kier molecular flexibility index (Phi) is 2.57. The van der Waals surface area contributed by atoms with Gasteiger partial charge in [-0.25, -0.2) is 0 Å². The first-order chi connectivity index (χ1) is 8.83. The molecule has 0 unspecified atom stereocenters. The summed E-state index contributed by atoms with van der Waals surface area (Å²) < 4.78 is 5.69. The zero-order valence-corrected chi connectivity index (χ0v) is 9.63. The Morgan fingerprint density at radius 3 is 2.78 bits per heavy atom. The van der Waals surface area contributed by atoms with Gasteiger partial charge in [0.2, 0.25) is 11.8 Å². The second-order valence-electron chi connectivity index (χ2n) is 3.90. The van der Waals surface area contributed by atoms with Crippen LogP contribution in [0.15, 0.2) is 42.6 Å². The molecule has 0 saturated heterocycles. The molecule has 5 heteroatoms. The lowest BCUT2D eigenvalue weighted by Crippen LogP contribution is -2.01. The Bertz CT molecular complexity index is 663. The standard InChI is InChI=1S/C13H12N4O/c14-13-16-11-10(6-7-15-11)12(17-13)18-8-9-4-2-1-3-5-9/h1-7H,8H2,(H3,14,15,16,17). The van der Waals surface area contributed by atoms with E-state index >= 15 is 0 Å². The smallest absolute Gasteiger partial charge is 0.228 e. The van der Waals surface area contributed by atoms with Crippen molar-refractivity contribution >= 4 is 17.0 Å². The van der Waals surface area contributed by atoms with Crippen molar-refractivity contribution < 1.29 is 4.74 Å². The summed E-state index contributed by atoms with van der Waals surface area (Å²) in [5.41, 5.74) is 7.40. The summed E-state index contributed by atoms with van der Waals surface area (Å²) in [4.78, 5) is 11.2. The highest BCUT2D eigenvalue weighted by atomic mass is 16.5. The van der Waals surface area contributed by atoms with Crippen molar-refractivity contribution in [2.75, 3.05) is 5.73 Å². The van der Waals surface area contributed by atoms with Crippen molar-refractivity contribution in [3.8, 4) is 5.88 Å². The van der Waals surface area contributed by atoms with Crippen LogP contribution in [0.5, 0.6) is 5.88 Å². The maximum Gasteiger partial charge on any atom is 0.228 e. The average molecular weight is 240 g/mol. The van der Waals surface area contributed by atoms with Gasteiger partial charge in [0.1, 0.15) is 12.3 Å². The third kappa shape index (κ3) is 1.98. The molecule has 0 fully saturated rings. The number of hydrogen-bond donors (Lipinski definition) is 2. The van der Waals surface area contributed by atoms with Gasteiger partial charge in [-0.1, -0.05) is 30.3 Å². The van der Waals surface area contributed by atoms with E-state index in [-0.39, 0.29) is 5.95 Å². The van der Waals surface area contributed by atoms with Crippen molar-refractivity contribution in [3.63, 3.8) is 0 Å². The fourth-order valence-corrected chi connectivity index (χ4v) is 1.77. The normalized spacial score (nSPS) is 10.7. The number of ether oxygens (including phenoxy) is 1. The molecule has 0 radical (unpaired) electrons. The summed E-state index contributed by atoms with van der Waals surface area (Å²) in [6, 6.07) is 11.8. The molecule has 3 aromatic rings. The van der Waals surface area contributed by atoms with Gasteiger partial charge in [0.25, 0.3) is 0 Å². The van der Waals surface area contributed by atoms with Crippen LogP contribution in [-0.4, -0.2) is 15.0 Å². The minimum absolute atomic E-state index is 0.202. The molecule has 90 valence electrons. The van der Waals surface area contributed by atoms with Gasteiger partial charge in [-0.3, -0.25) is 0 Å². The zero-order valence-electron chi connectivity index (χ0n) is 9.63. The summed E-state index contributed by atoms with van der Waals surface area (Å²) >= 11 is 0. The van der Waals surface area contributed by atoms with Gasteiger partial charge >= 0.3 is 0 Å². The number of nitrogens with zero attached hydrogens (tertiary/aromatic N) is 2. The maximum absolute atomic E-state index is 5.69. The number of hydrogen-bond acceptors (Lipinski definition) is 4. The molecule has 3 N–H and O–H groups in total. The quantitative estimate of drug-likeness (QED) is 0.735. The summed E-state index contributed by atoms with van der Waals surface area (Å²) in [6.45, 7) is 0.456.